The van der Waals surface area contributed by atoms with Crippen LogP contribution in [-0.4, -0.2) is 39.0 Å². The van der Waals surface area contributed by atoms with Gasteiger partial charge in [-0.25, -0.2) is 8.42 Å². The van der Waals surface area contributed by atoms with Gasteiger partial charge in [0.15, 0.2) is 9.84 Å². The number of methoxy groups -OCH3 is 1. The van der Waals surface area contributed by atoms with E-state index in [2.05, 4.69) is 6.58 Å². The normalized spacial score (nSPS) is 26.0. The molecular weight excluding hydrogens is 292 g/mol. The monoisotopic (exact) mass is 310 g/mol. The number of carbonyl (C=O) groups is 1. The quantitative estimate of drug-likeness (QED) is 0.626. The van der Waals surface area contributed by atoms with Crippen LogP contribution in [0.1, 0.15) is 12.8 Å². The molecule has 1 saturated heterocycles. The van der Waals surface area contributed by atoms with Gasteiger partial charge in [0, 0.05) is 6.61 Å². The van der Waals surface area contributed by atoms with E-state index in [1.54, 1.807) is 18.2 Å². The summed E-state index contributed by atoms with van der Waals surface area (Å²) in [5.74, 6) is -0.809. The first-order chi connectivity index (χ1) is 10.0. The van der Waals surface area contributed by atoms with Crippen LogP contribution >= 0.6 is 0 Å². The minimum absolute atomic E-state index is 0.0766. The molecule has 0 aliphatic carbocycles. The predicted molar refractivity (Wildman–Crippen MR) is 77.5 cm³/mol. The number of ether oxygens (including phenoxy) is 2. The van der Waals surface area contributed by atoms with Crippen molar-refractivity contribution in [1.82, 2.24) is 0 Å². The molecule has 2 atom stereocenters. The largest absolute Gasteiger partial charge is 0.468 e. The van der Waals surface area contributed by atoms with E-state index >= 15 is 0 Å². The van der Waals surface area contributed by atoms with Crippen LogP contribution in [-0.2, 0) is 24.1 Å². The van der Waals surface area contributed by atoms with E-state index in [0.29, 0.717) is 13.0 Å². The Balaban J connectivity index is 2.65. The predicted octanol–water partition coefficient (Wildman–Crippen LogP) is 1.74. The van der Waals surface area contributed by atoms with Gasteiger partial charge < -0.3 is 9.47 Å². The Morgan fingerprint density at radius 1 is 1.43 bits per heavy atom. The van der Waals surface area contributed by atoms with E-state index in [1.165, 1.54) is 25.3 Å². The summed E-state index contributed by atoms with van der Waals surface area (Å²) in [4.78, 5) is 12.4. The Morgan fingerprint density at radius 3 is 2.67 bits per heavy atom. The van der Waals surface area contributed by atoms with Crippen LogP contribution in [0, 0.1) is 0 Å². The molecule has 0 amide bonds. The Morgan fingerprint density at radius 2 is 2.10 bits per heavy atom. The number of carbonyl (C=O) groups excluding carboxylic acids is 1. The molecule has 2 rings (SSSR count). The number of rotatable bonds is 4. The molecule has 0 aromatic heterocycles. The average Bonchev–Trinajstić information content (AvgIpc) is 2.54. The van der Waals surface area contributed by atoms with Crippen LogP contribution in [0.15, 0.2) is 47.9 Å². The van der Waals surface area contributed by atoms with Gasteiger partial charge in [0.25, 0.3) is 0 Å². The molecule has 5 nitrogen and oxygen atoms in total. The summed E-state index contributed by atoms with van der Waals surface area (Å²) in [6, 6.07) is 7.88. The van der Waals surface area contributed by atoms with Crippen LogP contribution in [0.5, 0.6) is 0 Å². The topological polar surface area (TPSA) is 69.7 Å². The highest BCUT2D eigenvalue weighted by molar-refractivity contribution is 7.93. The molecule has 114 valence electrons. The van der Waals surface area contributed by atoms with Gasteiger partial charge in [-0.2, -0.15) is 0 Å². The van der Waals surface area contributed by atoms with Crippen LogP contribution in [0.4, 0.5) is 0 Å². The van der Waals surface area contributed by atoms with Crippen LogP contribution in [0.3, 0.4) is 0 Å². The fourth-order valence-corrected chi connectivity index (χ4v) is 4.80. The summed E-state index contributed by atoms with van der Waals surface area (Å²) in [5.41, 5.74) is 0. The van der Waals surface area contributed by atoms with Gasteiger partial charge in [-0.3, -0.25) is 4.79 Å². The molecule has 0 saturated carbocycles. The second-order valence-corrected chi connectivity index (χ2v) is 7.03. The molecule has 1 aliphatic heterocycles. The lowest BCUT2D eigenvalue weighted by Crippen LogP contribution is -2.58. The summed E-state index contributed by atoms with van der Waals surface area (Å²) in [7, 11) is -2.79. The number of esters is 1. The Bertz CT molecular complexity index is 623. The van der Waals surface area contributed by atoms with E-state index in [0.717, 1.165) is 0 Å². The minimum Gasteiger partial charge on any atom is -0.468 e. The molecular formula is C15H18O5S. The summed E-state index contributed by atoms with van der Waals surface area (Å²) < 4.78 is 34.6. The van der Waals surface area contributed by atoms with Gasteiger partial charge in [-0.15, -0.1) is 6.58 Å². The molecule has 1 fully saturated rings. The second kappa shape index (κ2) is 5.99. The molecule has 0 N–H and O–H groups in total. The van der Waals surface area contributed by atoms with Crippen LogP contribution < -0.4 is 0 Å². The van der Waals surface area contributed by atoms with E-state index in [-0.39, 0.29) is 11.3 Å². The number of hydrogen-bond acceptors (Lipinski definition) is 5. The smallest absolute Gasteiger partial charge is 0.330 e. The first kappa shape index (κ1) is 15.7. The van der Waals surface area contributed by atoms with Crippen molar-refractivity contribution >= 4 is 15.8 Å². The molecule has 0 spiro atoms. The lowest BCUT2D eigenvalue weighted by Gasteiger charge is -2.39. The third-order valence-electron chi connectivity index (χ3n) is 3.73. The second-order valence-electron chi connectivity index (χ2n) is 4.83. The average molecular weight is 310 g/mol. The van der Waals surface area contributed by atoms with E-state index in [4.69, 9.17) is 9.47 Å². The molecule has 1 aromatic carbocycles. The Labute approximate surface area is 124 Å². The fraction of sp³-hybridized carbons (Fsp3) is 0.400. The van der Waals surface area contributed by atoms with E-state index in [1.807, 2.05) is 0 Å². The number of benzene rings is 1. The highest BCUT2D eigenvalue weighted by atomic mass is 32.2. The van der Waals surface area contributed by atoms with Crippen molar-refractivity contribution in [3.05, 3.63) is 43.0 Å². The molecule has 1 heterocycles. The van der Waals surface area contributed by atoms with Crippen molar-refractivity contribution in [3.8, 4) is 0 Å². The van der Waals surface area contributed by atoms with Crippen molar-refractivity contribution in [3.63, 3.8) is 0 Å². The van der Waals surface area contributed by atoms with Crippen molar-refractivity contribution in [2.24, 2.45) is 0 Å². The third-order valence-corrected chi connectivity index (χ3v) is 6.18. The maximum atomic E-state index is 13.1. The Kier molecular flexibility index (Phi) is 4.49. The summed E-state index contributed by atoms with van der Waals surface area (Å²) >= 11 is 0. The molecule has 0 bridgehead atoms. The molecule has 6 heteroatoms. The van der Waals surface area contributed by atoms with Crippen molar-refractivity contribution < 1.29 is 22.7 Å². The van der Waals surface area contributed by atoms with Gasteiger partial charge in [0.2, 0.25) is 4.75 Å². The van der Waals surface area contributed by atoms with Gasteiger partial charge >= 0.3 is 5.97 Å². The zero-order valence-corrected chi connectivity index (χ0v) is 12.6. The molecule has 0 radical (unpaired) electrons. The highest BCUT2D eigenvalue weighted by Gasteiger charge is 2.58. The summed E-state index contributed by atoms with van der Waals surface area (Å²) in [5, 5.41) is 0. The lowest BCUT2D eigenvalue weighted by atomic mass is 9.93. The van der Waals surface area contributed by atoms with Crippen molar-refractivity contribution in [2.45, 2.75) is 28.6 Å². The first-order valence-electron chi connectivity index (χ1n) is 6.63. The SMILES string of the molecule is C=CC1OCCCC1(C(=O)OC)S(=O)(=O)c1ccccc1. The maximum Gasteiger partial charge on any atom is 0.330 e. The van der Waals surface area contributed by atoms with Gasteiger partial charge in [0.1, 0.15) is 6.10 Å². The van der Waals surface area contributed by atoms with Crippen molar-refractivity contribution in [2.75, 3.05) is 13.7 Å². The van der Waals surface area contributed by atoms with Gasteiger partial charge in [0.05, 0.1) is 12.0 Å². The van der Waals surface area contributed by atoms with Crippen molar-refractivity contribution in [1.29, 1.82) is 0 Å². The maximum absolute atomic E-state index is 13.1. The zero-order chi connectivity index (χ0) is 15.5. The molecule has 2 unspecified atom stereocenters. The van der Waals surface area contributed by atoms with Gasteiger partial charge in [-0.1, -0.05) is 24.3 Å². The number of hydrogen-bond donors (Lipinski definition) is 0. The standard InChI is InChI=1S/C15H18O5S/c1-3-13-15(14(16)19-2,10-7-11-20-13)21(17,18)12-8-5-4-6-9-12/h3-6,8-9,13H,1,7,10-11H2,2H3. The molecule has 1 aromatic rings. The first-order valence-corrected chi connectivity index (χ1v) is 8.11. The zero-order valence-electron chi connectivity index (χ0n) is 11.8. The lowest BCUT2D eigenvalue weighted by molar-refractivity contribution is -0.150. The minimum atomic E-state index is -3.97. The third kappa shape index (κ3) is 2.38. The van der Waals surface area contributed by atoms with E-state index in [9.17, 15) is 13.2 Å². The van der Waals surface area contributed by atoms with E-state index < -0.39 is 26.7 Å². The highest BCUT2D eigenvalue weighted by Crippen LogP contribution is 2.39. The molecule has 1 aliphatic rings. The summed E-state index contributed by atoms with van der Waals surface area (Å²) in [6.07, 6.45) is 1.04. The van der Waals surface area contributed by atoms with Gasteiger partial charge in [-0.05, 0) is 25.0 Å². The fourth-order valence-electron chi connectivity index (χ4n) is 2.68. The summed E-state index contributed by atoms with van der Waals surface area (Å²) in [6.45, 7) is 3.99. The van der Waals surface area contributed by atoms with Crippen LogP contribution in [0.2, 0.25) is 0 Å². The number of sulfone groups is 1. The molecule has 21 heavy (non-hydrogen) atoms. The van der Waals surface area contributed by atoms with Crippen LogP contribution in [0.25, 0.3) is 0 Å². The Hall–Kier alpha value is -1.66.